The fraction of sp³-hybridized carbons (Fsp3) is 0.500. The van der Waals surface area contributed by atoms with Crippen molar-refractivity contribution in [2.45, 2.75) is 38.1 Å². The van der Waals surface area contributed by atoms with Crippen LogP contribution in [0.25, 0.3) is 11.0 Å². The zero-order valence-corrected chi connectivity index (χ0v) is 13.6. The Hall–Kier alpha value is -0.360. The Kier molecular flexibility index (Phi) is 3.73. The topological polar surface area (TPSA) is 17.8 Å². The fourth-order valence-corrected chi connectivity index (χ4v) is 3.47. The maximum Gasteiger partial charge on any atom is 0.138 e. The van der Waals surface area contributed by atoms with Crippen molar-refractivity contribution in [1.82, 2.24) is 9.55 Å². The molecule has 0 N–H and O–H groups in total. The molecule has 5 heteroatoms. The van der Waals surface area contributed by atoms with Crippen LogP contribution >= 0.6 is 34.2 Å². The molecule has 1 fully saturated rings. The molecule has 1 aromatic heterocycles. The first-order valence-corrected chi connectivity index (χ1v) is 8.18. The minimum absolute atomic E-state index is 0.178. The van der Waals surface area contributed by atoms with Gasteiger partial charge in [0.25, 0.3) is 0 Å². The molecule has 1 saturated carbocycles. The highest BCUT2D eigenvalue weighted by atomic mass is 127. The van der Waals surface area contributed by atoms with Gasteiger partial charge < -0.3 is 4.57 Å². The van der Waals surface area contributed by atoms with Crippen molar-refractivity contribution in [2.24, 2.45) is 5.92 Å². The van der Waals surface area contributed by atoms with Crippen LogP contribution in [0.3, 0.4) is 0 Å². The normalized spacial score (nSPS) is 22.1. The number of benzene rings is 1. The number of fused-ring (bicyclic) bond motifs is 1. The molecule has 0 saturated heterocycles. The van der Waals surface area contributed by atoms with Crippen molar-refractivity contribution >= 4 is 45.2 Å². The molecule has 1 aliphatic carbocycles. The molecule has 0 bridgehead atoms. The Labute approximate surface area is 130 Å². The second-order valence-electron chi connectivity index (χ2n) is 5.14. The van der Waals surface area contributed by atoms with Gasteiger partial charge in [-0.15, -0.1) is 11.6 Å². The lowest BCUT2D eigenvalue weighted by molar-refractivity contribution is 0.600. The molecule has 1 aromatic carbocycles. The van der Waals surface area contributed by atoms with Gasteiger partial charge in [-0.25, -0.2) is 9.37 Å². The van der Waals surface area contributed by atoms with Crippen molar-refractivity contribution in [3.8, 4) is 0 Å². The lowest BCUT2D eigenvalue weighted by Crippen LogP contribution is -2.01. The summed E-state index contributed by atoms with van der Waals surface area (Å²) in [7, 11) is 0. The van der Waals surface area contributed by atoms with Crippen LogP contribution in [-0.4, -0.2) is 9.55 Å². The molecular weight excluding hydrogens is 378 g/mol. The molecule has 2 unspecified atom stereocenters. The quantitative estimate of drug-likeness (QED) is 0.536. The summed E-state index contributed by atoms with van der Waals surface area (Å²) in [6.07, 6.45) is 3.58. The minimum Gasteiger partial charge on any atom is -0.323 e. The zero-order valence-electron chi connectivity index (χ0n) is 10.7. The van der Waals surface area contributed by atoms with Crippen LogP contribution in [0.1, 0.15) is 38.1 Å². The standard InChI is InChI=1S/C14H15ClFIN2/c1-2-3-8-4-12(8)19-13-5-9(16)10(17)6-11(13)18-14(19)7-15/h5-6,8,12H,2-4,7H2,1H3. The third-order valence-corrected chi connectivity index (χ3v) is 4.87. The molecule has 2 nitrogen and oxygen atoms in total. The minimum atomic E-state index is -0.178. The van der Waals surface area contributed by atoms with Crippen molar-refractivity contribution in [2.75, 3.05) is 0 Å². The van der Waals surface area contributed by atoms with E-state index in [0.29, 0.717) is 21.4 Å². The maximum atomic E-state index is 13.8. The lowest BCUT2D eigenvalue weighted by atomic mass is 10.2. The molecule has 1 heterocycles. The third-order valence-electron chi connectivity index (χ3n) is 3.80. The Morgan fingerprint density at radius 2 is 2.32 bits per heavy atom. The van der Waals surface area contributed by atoms with Crippen LogP contribution in [0, 0.1) is 15.3 Å². The van der Waals surface area contributed by atoms with Gasteiger partial charge in [-0.1, -0.05) is 13.3 Å². The summed E-state index contributed by atoms with van der Waals surface area (Å²) in [6, 6.07) is 3.86. The summed E-state index contributed by atoms with van der Waals surface area (Å²) < 4.78 is 16.6. The Morgan fingerprint density at radius 1 is 1.53 bits per heavy atom. The number of nitrogens with zero attached hydrogens (tertiary/aromatic N) is 2. The van der Waals surface area contributed by atoms with Gasteiger partial charge in [0.05, 0.1) is 20.5 Å². The van der Waals surface area contributed by atoms with Crippen LogP contribution in [-0.2, 0) is 5.88 Å². The Morgan fingerprint density at radius 3 is 3.00 bits per heavy atom. The number of hydrogen-bond acceptors (Lipinski definition) is 1. The highest BCUT2D eigenvalue weighted by molar-refractivity contribution is 14.1. The van der Waals surface area contributed by atoms with E-state index in [1.807, 2.05) is 22.6 Å². The monoisotopic (exact) mass is 392 g/mol. The van der Waals surface area contributed by atoms with Gasteiger partial charge in [0.2, 0.25) is 0 Å². The van der Waals surface area contributed by atoms with Crippen molar-refractivity contribution in [1.29, 1.82) is 0 Å². The zero-order chi connectivity index (χ0) is 13.6. The molecule has 0 aliphatic heterocycles. The van der Waals surface area contributed by atoms with Crippen LogP contribution in [0.5, 0.6) is 0 Å². The summed E-state index contributed by atoms with van der Waals surface area (Å²) in [5.74, 6) is 1.76. The number of imidazole rings is 1. The predicted molar refractivity (Wildman–Crippen MR) is 84.0 cm³/mol. The maximum absolute atomic E-state index is 13.8. The average Bonchev–Trinajstić information content (AvgIpc) is 3.04. The number of aromatic nitrogens is 2. The molecule has 0 spiro atoms. The Balaban J connectivity index is 2.09. The predicted octanol–water partition coefficient (Wildman–Crippen LogP) is 4.88. The highest BCUT2D eigenvalue weighted by Gasteiger charge is 2.39. The summed E-state index contributed by atoms with van der Waals surface area (Å²) in [5.41, 5.74) is 1.74. The first kappa shape index (κ1) is 13.6. The van der Waals surface area contributed by atoms with E-state index in [-0.39, 0.29) is 5.82 Å². The number of hydrogen-bond donors (Lipinski definition) is 0. The van der Waals surface area contributed by atoms with Crippen molar-refractivity contribution < 1.29 is 4.39 Å². The van der Waals surface area contributed by atoms with Gasteiger partial charge in [0.1, 0.15) is 11.6 Å². The molecule has 2 aromatic rings. The molecule has 1 aliphatic rings. The molecule has 0 amide bonds. The molecule has 3 rings (SSSR count). The molecule has 2 atom stereocenters. The smallest absolute Gasteiger partial charge is 0.138 e. The van der Waals surface area contributed by atoms with Gasteiger partial charge >= 0.3 is 0 Å². The number of halogens is 3. The van der Waals surface area contributed by atoms with Gasteiger partial charge in [-0.05, 0) is 47.4 Å². The van der Waals surface area contributed by atoms with Gasteiger partial charge in [-0.2, -0.15) is 0 Å². The first-order valence-electron chi connectivity index (χ1n) is 6.57. The largest absolute Gasteiger partial charge is 0.323 e. The fourth-order valence-electron chi connectivity index (χ4n) is 2.83. The summed E-state index contributed by atoms with van der Waals surface area (Å²) in [4.78, 5) is 4.55. The van der Waals surface area contributed by atoms with E-state index in [2.05, 4.69) is 16.5 Å². The molecular formula is C14H15ClFIN2. The summed E-state index contributed by atoms with van der Waals surface area (Å²) >= 11 is 8.00. The van der Waals surface area contributed by atoms with Crippen molar-refractivity contribution in [3.63, 3.8) is 0 Å². The second kappa shape index (κ2) is 5.20. The van der Waals surface area contributed by atoms with E-state index in [1.165, 1.54) is 12.8 Å². The average molecular weight is 393 g/mol. The van der Waals surface area contributed by atoms with Crippen LogP contribution in [0.2, 0.25) is 0 Å². The molecule has 19 heavy (non-hydrogen) atoms. The van der Waals surface area contributed by atoms with Crippen LogP contribution < -0.4 is 0 Å². The van der Waals surface area contributed by atoms with Gasteiger partial charge in [0.15, 0.2) is 0 Å². The first-order chi connectivity index (χ1) is 9.15. The molecule has 0 radical (unpaired) electrons. The van der Waals surface area contributed by atoms with E-state index in [1.54, 1.807) is 12.1 Å². The lowest BCUT2D eigenvalue weighted by Gasteiger charge is -2.07. The van der Waals surface area contributed by atoms with Gasteiger partial charge in [-0.3, -0.25) is 0 Å². The summed E-state index contributed by atoms with van der Waals surface area (Å²) in [5, 5.41) is 0. The van der Waals surface area contributed by atoms with Crippen LogP contribution in [0.4, 0.5) is 4.39 Å². The molecule has 102 valence electrons. The van der Waals surface area contributed by atoms with E-state index in [4.69, 9.17) is 11.6 Å². The van der Waals surface area contributed by atoms with E-state index >= 15 is 0 Å². The van der Waals surface area contributed by atoms with Crippen molar-refractivity contribution in [3.05, 3.63) is 27.3 Å². The van der Waals surface area contributed by atoms with E-state index in [0.717, 1.165) is 23.3 Å². The summed E-state index contributed by atoms with van der Waals surface area (Å²) in [6.45, 7) is 2.20. The van der Waals surface area contributed by atoms with E-state index < -0.39 is 0 Å². The van der Waals surface area contributed by atoms with Gasteiger partial charge in [0, 0.05) is 12.1 Å². The SMILES string of the molecule is CCCC1CC1n1c(CCl)nc2cc(I)c(F)cc21. The second-order valence-corrected chi connectivity index (χ2v) is 6.57. The van der Waals surface area contributed by atoms with E-state index in [9.17, 15) is 4.39 Å². The number of rotatable bonds is 4. The Bertz CT molecular complexity index is 625. The third kappa shape index (κ3) is 2.37. The van der Waals surface area contributed by atoms with Crippen LogP contribution in [0.15, 0.2) is 12.1 Å². The highest BCUT2D eigenvalue weighted by Crippen LogP contribution is 2.48. The number of alkyl halides is 1.